The van der Waals surface area contributed by atoms with Crippen LogP contribution in [-0.2, 0) is 9.53 Å². The van der Waals surface area contributed by atoms with E-state index in [4.69, 9.17) is 14.2 Å². The van der Waals surface area contributed by atoms with Crippen molar-refractivity contribution in [2.75, 3.05) is 13.4 Å². The molecule has 0 unspecified atom stereocenters. The van der Waals surface area contributed by atoms with Crippen LogP contribution in [0, 0.1) is 6.92 Å². The lowest BCUT2D eigenvalue weighted by Crippen LogP contribution is -2.31. The van der Waals surface area contributed by atoms with Gasteiger partial charge >= 0.3 is 5.97 Å². The molecule has 0 aromatic heterocycles. The fraction of sp³-hybridized carbons (Fsp3) is 0.263. The van der Waals surface area contributed by atoms with Gasteiger partial charge in [-0.3, -0.25) is 4.79 Å². The van der Waals surface area contributed by atoms with Crippen LogP contribution in [-0.4, -0.2) is 25.3 Å². The van der Waals surface area contributed by atoms with Gasteiger partial charge < -0.3 is 19.5 Å². The topological polar surface area (TPSA) is 73.9 Å². The van der Waals surface area contributed by atoms with Crippen molar-refractivity contribution in [2.45, 2.75) is 19.9 Å². The molecular weight excluding hydrogens is 322 g/mol. The quantitative estimate of drug-likeness (QED) is 0.847. The van der Waals surface area contributed by atoms with Gasteiger partial charge in [-0.05, 0) is 43.7 Å². The van der Waals surface area contributed by atoms with E-state index in [1.54, 1.807) is 24.3 Å². The molecule has 1 heterocycles. The van der Waals surface area contributed by atoms with E-state index in [2.05, 4.69) is 5.32 Å². The largest absolute Gasteiger partial charge is 0.454 e. The summed E-state index contributed by atoms with van der Waals surface area (Å²) in [5.41, 5.74) is 2.26. The molecule has 0 aliphatic carbocycles. The maximum Gasteiger partial charge on any atom is 0.338 e. The molecule has 1 amide bonds. The predicted octanol–water partition coefficient (Wildman–Crippen LogP) is 2.76. The zero-order chi connectivity index (χ0) is 17.8. The highest BCUT2D eigenvalue weighted by Crippen LogP contribution is 2.34. The third-order valence-electron chi connectivity index (χ3n) is 3.86. The number of aryl methyl sites for hydroxylation is 1. The minimum absolute atomic E-state index is 0.203. The summed E-state index contributed by atoms with van der Waals surface area (Å²) in [6, 6.07) is 12.3. The molecule has 6 heteroatoms. The first-order valence-corrected chi connectivity index (χ1v) is 7.95. The van der Waals surface area contributed by atoms with Crippen molar-refractivity contribution in [3.05, 3.63) is 59.2 Å². The predicted molar refractivity (Wildman–Crippen MR) is 90.6 cm³/mol. The number of esters is 1. The molecule has 1 aliphatic rings. The van der Waals surface area contributed by atoms with Crippen LogP contribution in [0.25, 0.3) is 0 Å². The van der Waals surface area contributed by atoms with Gasteiger partial charge in [0.15, 0.2) is 18.1 Å². The smallest absolute Gasteiger partial charge is 0.338 e. The Labute approximate surface area is 145 Å². The molecular formula is C19H19NO5. The van der Waals surface area contributed by atoms with Crippen LogP contribution in [0.5, 0.6) is 11.5 Å². The molecule has 2 aromatic carbocycles. The molecule has 130 valence electrons. The average Bonchev–Trinajstić information content (AvgIpc) is 3.07. The fourth-order valence-electron chi connectivity index (χ4n) is 2.54. The van der Waals surface area contributed by atoms with Gasteiger partial charge in [-0.15, -0.1) is 0 Å². The van der Waals surface area contributed by atoms with E-state index >= 15 is 0 Å². The normalized spacial score (nSPS) is 13.2. The second kappa shape index (κ2) is 7.25. The summed E-state index contributed by atoms with van der Waals surface area (Å²) in [5, 5.41) is 2.79. The van der Waals surface area contributed by atoms with Crippen LogP contribution in [0.1, 0.15) is 34.5 Å². The van der Waals surface area contributed by atoms with Crippen molar-refractivity contribution >= 4 is 11.9 Å². The Morgan fingerprint density at radius 2 is 1.96 bits per heavy atom. The number of benzene rings is 2. The Balaban J connectivity index is 1.53. The highest BCUT2D eigenvalue weighted by Gasteiger charge is 2.17. The highest BCUT2D eigenvalue weighted by atomic mass is 16.7. The van der Waals surface area contributed by atoms with E-state index in [-0.39, 0.29) is 25.3 Å². The standard InChI is InChI=1S/C19H19NO5/c1-12-4-3-5-15(8-12)19(22)23-10-18(21)20-13(2)14-6-7-16-17(9-14)25-11-24-16/h3-9,13H,10-11H2,1-2H3,(H,20,21)/t13-/m1/s1. The van der Waals surface area contributed by atoms with Crippen molar-refractivity contribution in [1.29, 1.82) is 0 Å². The van der Waals surface area contributed by atoms with E-state index < -0.39 is 5.97 Å². The fourth-order valence-corrected chi connectivity index (χ4v) is 2.54. The first-order chi connectivity index (χ1) is 12.0. The lowest BCUT2D eigenvalue weighted by Gasteiger charge is -2.15. The average molecular weight is 341 g/mol. The van der Waals surface area contributed by atoms with Gasteiger partial charge in [0.1, 0.15) is 0 Å². The lowest BCUT2D eigenvalue weighted by molar-refractivity contribution is -0.124. The SMILES string of the molecule is Cc1cccc(C(=O)OCC(=O)N[C@H](C)c2ccc3c(c2)OCO3)c1. The van der Waals surface area contributed by atoms with Crippen LogP contribution < -0.4 is 14.8 Å². The molecule has 1 atom stereocenters. The molecule has 0 radical (unpaired) electrons. The van der Waals surface area contributed by atoms with Crippen molar-refractivity contribution in [3.8, 4) is 11.5 Å². The zero-order valence-corrected chi connectivity index (χ0v) is 14.1. The van der Waals surface area contributed by atoms with Crippen molar-refractivity contribution in [1.82, 2.24) is 5.32 Å². The summed E-state index contributed by atoms with van der Waals surface area (Å²) in [6.45, 7) is 3.60. The molecule has 0 spiro atoms. The van der Waals surface area contributed by atoms with Crippen LogP contribution in [0.4, 0.5) is 0 Å². The number of carbonyl (C=O) groups excluding carboxylic acids is 2. The minimum atomic E-state index is -0.519. The summed E-state index contributed by atoms with van der Waals surface area (Å²) >= 11 is 0. The molecule has 0 saturated carbocycles. The molecule has 0 fully saturated rings. The van der Waals surface area contributed by atoms with Crippen LogP contribution in [0.15, 0.2) is 42.5 Å². The van der Waals surface area contributed by atoms with E-state index in [1.165, 1.54) is 0 Å². The van der Waals surface area contributed by atoms with Crippen LogP contribution in [0.2, 0.25) is 0 Å². The van der Waals surface area contributed by atoms with Crippen molar-refractivity contribution in [2.24, 2.45) is 0 Å². The highest BCUT2D eigenvalue weighted by molar-refractivity contribution is 5.91. The van der Waals surface area contributed by atoms with Gasteiger partial charge in [0.25, 0.3) is 5.91 Å². The molecule has 25 heavy (non-hydrogen) atoms. The third-order valence-corrected chi connectivity index (χ3v) is 3.86. The summed E-state index contributed by atoms with van der Waals surface area (Å²) in [6.07, 6.45) is 0. The Morgan fingerprint density at radius 3 is 2.76 bits per heavy atom. The molecule has 6 nitrogen and oxygen atoms in total. The molecule has 0 saturated heterocycles. The lowest BCUT2D eigenvalue weighted by atomic mass is 10.1. The summed E-state index contributed by atoms with van der Waals surface area (Å²) < 4.78 is 15.7. The van der Waals surface area contributed by atoms with Gasteiger partial charge in [-0.2, -0.15) is 0 Å². The van der Waals surface area contributed by atoms with Crippen LogP contribution in [0.3, 0.4) is 0 Å². The number of carbonyl (C=O) groups is 2. The van der Waals surface area contributed by atoms with Gasteiger partial charge in [0, 0.05) is 0 Å². The summed E-state index contributed by atoms with van der Waals surface area (Å²) in [4.78, 5) is 24.0. The molecule has 3 rings (SSSR count). The second-order valence-corrected chi connectivity index (χ2v) is 5.85. The Hall–Kier alpha value is -3.02. The monoisotopic (exact) mass is 341 g/mol. The van der Waals surface area contributed by atoms with Gasteiger partial charge in [-0.1, -0.05) is 23.8 Å². The van der Waals surface area contributed by atoms with E-state index in [0.717, 1.165) is 11.1 Å². The number of amides is 1. The number of hydrogen-bond donors (Lipinski definition) is 1. The van der Waals surface area contributed by atoms with E-state index in [0.29, 0.717) is 17.1 Å². The first-order valence-electron chi connectivity index (χ1n) is 7.95. The van der Waals surface area contributed by atoms with Gasteiger partial charge in [0.2, 0.25) is 6.79 Å². The van der Waals surface area contributed by atoms with E-state index in [9.17, 15) is 9.59 Å². The number of nitrogens with one attached hydrogen (secondary N) is 1. The zero-order valence-electron chi connectivity index (χ0n) is 14.1. The molecule has 2 aromatic rings. The third kappa shape index (κ3) is 4.09. The molecule has 1 N–H and O–H groups in total. The number of hydrogen-bond acceptors (Lipinski definition) is 5. The summed E-state index contributed by atoms with van der Waals surface area (Å²) in [7, 11) is 0. The van der Waals surface area contributed by atoms with Crippen LogP contribution >= 0.6 is 0 Å². The summed E-state index contributed by atoms with van der Waals surface area (Å²) in [5.74, 6) is 0.458. The number of rotatable bonds is 5. The van der Waals surface area contributed by atoms with Gasteiger partial charge in [0.05, 0.1) is 11.6 Å². The number of ether oxygens (including phenoxy) is 3. The first kappa shape index (κ1) is 16.8. The van der Waals surface area contributed by atoms with E-state index in [1.807, 2.05) is 32.0 Å². The Morgan fingerprint density at radius 1 is 1.16 bits per heavy atom. The minimum Gasteiger partial charge on any atom is -0.454 e. The maximum absolute atomic E-state index is 12.0. The Bertz CT molecular complexity index is 802. The Kier molecular flexibility index (Phi) is 4.88. The van der Waals surface area contributed by atoms with Crippen molar-refractivity contribution < 1.29 is 23.8 Å². The second-order valence-electron chi connectivity index (χ2n) is 5.85. The maximum atomic E-state index is 12.0. The van der Waals surface area contributed by atoms with Crippen molar-refractivity contribution in [3.63, 3.8) is 0 Å². The molecule has 0 bridgehead atoms. The molecule has 1 aliphatic heterocycles. The van der Waals surface area contributed by atoms with Gasteiger partial charge in [-0.25, -0.2) is 4.79 Å². The number of fused-ring (bicyclic) bond motifs is 1.